The molecule has 2 aliphatic heterocycles. The number of ether oxygens (including phenoxy) is 1. The van der Waals surface area contributed by atoms with Gasteiger partial charge in [-0.3, -0.25) is 24.1 Å². The average Bonchev–Trinajstić information content (AvgIpc) is 2.97. The molecule has 41 heavy (non-hydrogen) atoms. The van der Waals surface area contributed by atoms with E-state index in [9.17, 15) is 27.6 Å². The maximum absolute atomic E-state index is 14.2. The number of halogens is 3. The minimum Gasteiger partial charge on any atom is -0.482 e. The summed E-state index contributed by atoms with van der Waals surface area (Å²) < 4.78 is 49.3. The van der Waals surface area contributed by atoms with E-state index in [4.69, 9.17) is 4.74 Å². The molecule has 0 radical (unpaired) electrons. The summed E-state index contributed by atoms with van der Waals surface area (Å²) in [7, 11) is 0. The Balaban J connectivity index is 1.42. The lowest BCUT2D eigenvalue weighted by molar-refractivity contribution is 0.0461. The largest absolute Gasteiger partial charge is 0.482 e. The second kappa shape index (κ2) is 10.3. The van der Waals surface area contributed by atoms with Crippen molar-refractivity contribution in [2.24, 2.45) is 11.8 Å². The van der Waals surface area contributed by atoms with Gasteiger partial charge in [-0.1, -0.05) is 30.3 Å². The van der Waals surface area contributed by atoms with Crippen molar-refractivity contribution < 1.29 is 27.5 Å². The summed E-state index contributed by atoms with van der Waals surface area (Å²) in [6, 6.07) is 10.1. The lowest BCUT2D eigenvalue weighted by Gasteiger charge is -2.44. The molecule has 4 atom stereocenters. The normalized spacial score (nSPS) is 22.8. The van der Waals surface area contributed by atoms with E-state index in [2.05, 4.69) is 12.2 Å². The maximum atomic E-state index is 14.2. The van der Waals surface area contributed by atoms with E-state index >= 15 is 0 Å². The fourth-order valence-electron chi connectivity index (χ4n) is 6.27. The van der Waals surface area contributed by atoms with Gasteiger partial charge in [0.05, 0.1) is 0 Å². The Kier molecular flexibility index (Phi) is 6.75. The van der Waals surface area contributed by atoms with Gasteiger partial charge in [-0.05, 0) is 44.1 Å². The van der Waals surface area contributed by atoms with Crippen LogP contribution in [0.3, 0.4) is 0 Å². The molecule has 1 aromatic heterocycles. The molecule has 8 nitrogen and oxygen atoms in total. The van der Waals surface area contributed by atoms with Crippen molar-refractivity contribution in [1.29, 1.82) is 0 Å². The van der Waals surface area contributed by atoms with Gasteiger partial charge in [0, 0.05) is 42.5 Å². The van der Waals surface area contributed by atoms with Crippen LogP contribution in [0.5, 0.6) is 5.75 Å². The zero-order valence-corrected chi connectivity index (χ0v) is 22.6. The average molecular weight is 567 g/mol. The SMILES string of the molecule is CC1[C@@H]2CC[C@@H]2[C@@H](C)N2CN1C(=O)c1c(OCc3ccccc3)c(=O)c(C(=O)NCc3c(F)cc(F)cc3F)cn12. The minimum absolute atomic E-state index is 0.00385. The van der Waals surface area contributed by atoms with Crippen LogP contribution in [0.1, 0.15) is 58.7 Å². The summed E-state index contributed by atoms with van der Waals surface area (Å²) in [4.78, 5) is 42.7. The van der Waals surface area contributed by atoms with Crippen LogP contribution in [0.4, 0.5) is 13.2 Å². The number of hydrogen-bond donors (Lipinski definition) is 1. The molecule has 2 fully saturated rings. The van der Waals surface area contributed by atoms with E-state index < -0.39 is 40.9 Å². The van der Waals surface area contributed by atoms with Crippen molar-refractivity contribution in [1.82, 2.24) is 14.9 Å². The molecule has 3 aliphatic rings. The van der Waals surface area contributed by atoms with Gasteiger partial charge < -0.3 is 15.0 Å². The number of fused-ring (bicyclic) bond motifs is 5. The van der Waals surface area contributed by atoms with Crippen LogP contribution in [-0.4, -0.2) is 40.1 Å². The van der Waals surface area contributed by atoms with Gasteiger partial charge >= 0.3 is 0 Å². The van der Waals surface area contributed by atoms with Gasteiger partial charge in [-0.2, -0.15) is 0 Å². The second-order valence-electron chi connectivity index (χ2n) is 10.9. The van der Waals surface area contributed by atoms with Gasteiger partial charge in [0.15, 0.2) is 11.4 Å². The highest BCUT2D eigenvalue weighted by molar-refractivity contribution is 5.99. The molecular formula is C30H29F3N4O4. The van der Waals surface area contributed by atoms with E-state index in [1.165, 1.54) is 10.9 Å². The summed E-state index contributed by atoms with van der Waals surface area (Å²) in [5.74, 6) is -4.32. The van der Waals surface area contributed by atoms with Crippen LogP contribution in [-0.2, 0) is 13.2 Å². The van der Waals surface area contributed by atoms with Crippen molar-refractivity contribution in [2.75, 3.05) is 11.7 Å². The molecular weight excluding hydrogens is 537 g/mol. The Morgan fingerprint density at radius 1 is 1.00 bits per heavy atom. The molecule has 3 heterocycles. The highest BCUT2D eigenvalue weighted by atomic mass is 19.1. The van der Waals surface area contributed by atoms with Crippen molar-refractivity contribution in [3.8, 4) is 5.75 Å². The van der Waals surface area contributed by atoms with Gasteiger partial charge in [0.1, 0.15) is 36.3 Å². The lowest BCUT2D eigenvalue weighted by Crippen LogP contribution is -2.58. The highest BCUT2D eigenvalue weighted by Gasteiger charge is 2.50. The number of hydrogen-bond acceptors (Lipinski definition) is 5. The first-order chi connectivity index (χ1) is 19.7. The number of pyridine rings is 1. The molecule has 1 saturated carbocycles. The maximum Gasteiger partial charge on any atom is 0.278 e. The summed E-state index contributed by atoms with van der Waals surface area (Å²) in [6.07, 6.45) is 3.31. The van der Waals surface area contributed by atoms with Crippen molar-refractivity contribution in [3.63, 3.8) is 0 Å². The van der Waals surface area contributed by atoms with E-state index in [0.717, 1.165) is 18.4 Å². The zero-order valence-electron chi connectivity index (χ0n) is 22.6. The van der Waals surface area contributed by atoms with Crippen LogP contribution < -0.4 is 20.5 Å². The topological polar surface area (TPSA) is 83.9 Å². The minimum atomic E-state index is -1.16. The number of rotatable bonds is 6. The van der Waals surface area contributed by atoms with E-state index in [1.54, 1.807) is 4.90 Å². The van der Waals surface area contributed by atoms with E-state index in [0.29, 0.717) is 24.0 Å². The van der Waals surface area contributed by atoms with E-state index in [-0.39, 0.29) is 48.3 Å². The lowest BCUT2D eigenvalue weighted by atomic mass is 9.67. The number of aromatic nitrogens is 1. The number of benzene rings is 2. The third-order valence-electron chi connectivity index (χ3n) is 8.77. The van der Waals surface area contributed by atoms with Crippen LogP contribution in [0.15, 0.2) is 53.5 Å². The predicted molar refractivity (Wildman–Crippen MR) is 143 cm³/mol. The number of carbonyl (C=O) groups excluding carboxylic acids is 2. The Morgan fingerprint density at radius 2 is 1.66 bits per heavy atom. The van der Waals surface area contributed by atoms with Gasteiger partial charge in [0.2, 0.25) is 5.43 Å². The van der Waals surface area contributed by atoms with Gasteiger partial charge in [0.25, 0.3) is 11.8 Å². The summed E-state index contributed by atoms with van der Waals surface area (Å²) in [5, 5.41) is 4.33. The van der Waals surface area contributed by atoms with Crippen LogP contribution in [0.25, 0.3) is 0 Å². The molecule has 6 rings (SSSR count). The predicted octanol–water partition coefficient (Wildman–Crippen LogP) is 3.94. The third kappa shape index (κ3) is 4.53. The van der Waals surface area contributed by atoms with E-state index in [1.807, 2.05) is 42.3 Å². The molecule has 1 unspecified atom stereocenters. The quantitative estimate of drug-likeness (QED) is 0.489. The summed E-state index contributed by atoms with van der Waals surface area (Å²) in [5.41, 5.74) is -0.929. The fourth-order valence-corrected chi connectivity index (χ4v) is 6.27. The molecule has 214 valence electrons. The molecule has 1 N–H and O–H groups in total. The Labute approximate surface area is 234 Å². The molecule has 1 saturated heterocycles. The molecule has 2 amide bonds. The Bertz CT molecular complexity index is 1570. The first-order valence-corrected chi connectivity index (χ1v) is 13.6. The molecule has 3 aromatic rings. The standard InChI is InChI=1S/C30H29F3N4O4/c1-16-20-8-9-21(20)17(2)37-15-35(16)30(40)26-28(41-14-18-6-4-3-5-7-18)27(38)23(13-36(26)37)29(39)34-12-22-24(32)10-19(31)11-25(22)33/h3-7,10-11,13,16-17,20-21H,8-9,12,14-15H2,1-2H3,(H,34,39)/t16?,17-,20+,21-/m1/s1. The van der Waals surface area contributed by atoms with Crippen molar-refractivity contribution >= 4 is 11.8 Å². The number of nitrogens with one attached hydrogen (secondary N) is 1. The molecule has 1 aliphatic carbocycles. The van der Waals surface area contributed by atoms with Crippen LogP contribution >= 0.6 is 0 Å². The molecule has 0 spiro atoms. The van der Waals surface area contributed by atoms with Crippen LogP contribution in [0, 0.1) is 29.3 Å². The highest BCUT2D eigenvalue weighted by Crippen LogP contribution is 2.45. The van der Waals surface area contributed by atoms with Gasteiger partial charge in [-0.25, -0.2) is 13.2 Å². The van der Waals surface area contributed by atoms with Crippen molar-refractivity contribution in [2.45, 2.75) is 51.9 Å². The molecule has 2 aromatic carbocycles. The first-order valence-electron chi connectivity index (χ1n) is 13.6. The number of amides is 2. The Hall–Kier alpha value is -4.28. The second-order valence-corrected chi connectivity index (χ2v) is 10.9. The number of nitrogens with zero attached hydrogens (tertiary/aromatic N) is 3. The smallest absolute Gasteiger partial charge is 0.278 e. The summed E-state index contributed by atoms with van der Waals surface area (Å²) in [6.45, 7) is 3.72. The molecule has 2 bridgehead atoms. The fraction of sp³-hybridized carbons (Fsp3) is 0.367. The summed E-state index contributed by atoms with van der Waals surface area (Å²) >= 11 is 0. The van der Waals surface area contributed by atoms with Crippen LogP contribution in [0.2, 0.25) is 0 Å². The van der Waals surface area contributed by atoms with Gasteiger partial charge in [-0.15, -0.1) is 0 Å². The number of carbonyl (C=O) groups is 2. The third-order valence-corrected chi connectivity index (χ3v) is 8.77. The molecule has 11 heteroatoms. The monoisotopic (exact) mass is 566 g/mol. The Morgan fingerprint density at radius 3 is 2.32 bits per heavy atom. The zero-order chi connectivity index (χ0) is 29.0. The first kappa shape index (κ1) is 26.9. The van der Waals surface area contributed by atoms with Crippen molar-refractivity contribution in [3.05, 3.63) is 98.7 Å².